The molecule has 16 heavy (non-hydrogen) atoms. The first-order valence-corrected chi connectivity index (χ1v) is 5.31. The first-order chi connectivity index (χ1) is 7.49. The molecule has 0 saturated carbocycles. The van der Waals surface area contributed by atoms with Crippen LogP contribution in [0.15, 0.2) is 24.5 Å². The van der Waals surface area contributed by atoms with Gasteiger partial charge in [0, 0.05) is 24.5 Å². The van der Waals surface area contributed by atoms with Crippen molar-refractivity contribution in [3.8, 4) is 0 Å². The summed E-state index contributed by atoms with van der Waals surface area (Å²) in [6.07, 6.45) is 3.15. The highest BCUT2D eigenvalue weighted by atomic mass is 16.5. The molecule has 0 atom stereocenters. The number of rotatable bonds is 4. The molecule has 88 valence electrons. The Kier molecular flexibility index (Phi) is 4.43. The van der Waals surface area contributed by atoms with E-state index >= 15 is 0 Å². The van der Waals surface area contributed by atoms with Crippen molar-refractivity contribution >= 4 is 5.97 Å². The third-order valence-electron chi connectivity index (χ3n) is 1.91. The number of nitrogens with zero attached hydrogens (tertiary/aromatic N) is 1. The molecule has 0 aliphatic carbocycles. The van der Waals surface area contributed by atoms with Crippen LogP contribution in [0.25, 0.3) is 0 Å². The van der Waals surface area contributed by atoms with Crippen LogP contribution >= 0.6 is 0 Å². The third kappa shape index (κ3) is 4.89. The van der Waals surface area contributed by atoms with Gasteiger partial charge in [0.1, 0.15) is 6.61 Å². The summed E-state index contributed by atoms with van der Waals surface area (Å²) in [5.41, 5.74) is 0.578. The van der Waals surface area contributed by atoms with E-state index in [1.54, 1.807) is 24.5 Å². The van der Waals surface area contributed by atoms with E-state index in [2.05, 4.69) is 31.1 Å². The molecule has 1 heterocycles. The number of ether oxygens (including phenoxy) is 1. The van der Waals surface area contributed by atoms with Gasteiger partial charge in [-0.3, -0.25) is 4.98 Å². The fourth-order valence-corrected chi connectivity index (χ4v) is 1.14. The van der Waals surface area contributed by atoms with Gasteiger partial charge < -0.3 is 10.1 Å². The Morgan fingerprint density at radius 2 is 2.00 bits per heavy atom. The smallest absolute Gasteiger partial charge is 0.338 e. The lowest BCUT2D eigenvalue weighted by atomic mass is 10.1. The van der Waals surface area contributed by atoms with Gasteiger partial charge >= 0.3 is 5.97 Å². The molecule has 0 aliphatic rings. The van der Waals surface area contributed by atoms with E-state index in [-0.39, 0.29) is 11.5 Å². The summed E-state index contributed by atoms with van der Waals surface area (Å²) < 4.78 is 5.09. The highest BCUT2D eigenvalue weighted by molar-refractivity contribution is 5.89. The largest absolute Gasteiger partial charge is 0.461 e. The minimum absolute atomic E-state index is 0.0447. The zero-order valence-electron chi connectivity index (χ0n) is 9.99. The lowest BCUT2D eigenvalue weighted by molar-refractivity contribution is 0.0502. The molecule has 1 N–H and O–H groups in total. The van der Waals surface area contributed by atoms with E-state index in [9.17, 15) is 4.79 Å². The van der Waals surface area contributed by atoms with Gasteiger partial charge in [-0.2, -0.15) is 0 Å². The van der Waals surface area contributed by atoms with Crippen molar-refractivity contribution in [2.75, 3.05) is 13.2 Å². The Morgan fingerprint density at radius 3 is 2.56 bits per heavy atom. The number of nitrogens with one attached hydrogen (secondary N) is 1. The predicted octanol–water partition coefficient (Wildman–Crippen LogP) is 1.63. The molecule has 0 saturated heterocycles. The van der Waals surface area contributed by atoms with E-state index in [4.69, 9.17) is 4.74 Å². The molecule has 0 aromatic carbocycles. The summed E-state index contributed by atoms with van der Waals surface area (Å²) in [5, 5.41) is 3.24. The van der Waals surface area contributed by atoms with Crippen LogP contribution in [0.4, 0.5) is 0 Å². The van der Waals surface area contributed by atoms with Crippen molar-refractivity contribution in [2.24, 2.45) is 0 Å². The van der Waals surface area contributed by atoms with Gasteiger partial charge in [-0.15, -0.1) is 0 Å². The van der Waals surface area contributed by atoms with E-state index in [1.807, 2.05) is 0 Å². The fourth-order valence-electron chi connectivity index (χ4n) is 1.14. The van der Waals surface area contributed by atoms with Gasteiger partial charge in [0.2, 0.25) is 0 Å². The van der Waals surface area contributed by atoms with Gasteiger partial charge in [0.05, 0.1) is 5.56 Å². The molecular weight excluding hydrogens is 204 g/mol. The first-order valence-electron chi connectivity index (χ1n) is 5.31. The lowest BCUT2D eigenvalue weighted by Gasteiger charge is -2.20. The summed E-state index contributed by atoms with van der Waals surface area (Å²) >= 11 is 0. The van der Waals surface area contributed by atoms with Crippen LogP contribution in [0.2, 0.25) is 0 Å². The molecule has 4 nitrogen and oxygen atoms in total. The quantitative estimate of drug-likeness (QED) is 0.621. The summed E-state index contributed by atoms with van der Waals surface area (Å²) in [5.74, 6) is -0.307. The average Bonchev–Trinajstić information content (AvgIpc) is 2.24. The van der Waals surface area contributed by atoms with Crippen molar-refractivity contribution in [3.63, 3.8) is 0 Å². The summed E-state index contributed by atoms with van der Waals surface area (Å²) in [4.78, 5) is 15.3. The number of hydrogen-bond acceptors (Lipinski definition) is 4. The summed E-state index contributed by atoms with van der Waals surface area (Å²) in [7, 11) is 0. The predicted molar refractivity (Wildman–Crippen MR) is 62.3 cm³/mol. The fraction of sp³-hybridized carbons (Fsp3) is 0.500. The van der Waals surface area contributed by atoms with Crippen LogP contribution in [0.1, 0.15) is 31.1 Å². The number of carbonyl (C=O) groups excluding carboxylic acids is 1. The highest BCUT2D eigenvalue weighted by Gasteiger charge is 2.09. The third-order valence-corrected chi connectivity index (χ3v) is 1.91. The molecular formula is C12H18N2O2. The molecule has 0 spiro atoms. The number of esters is 1. The van der Waals surface area contributed by atoms with Gasteiger partial charge in [0.15, 0.2) is 0 Å². The number of hydrogen-bond donors (Lipinski definition) is 1. The molecule has 0 radical (unpaired) electrons. The maximum Gasteiger partial charge on any atom is 0.338 e. The minimum atomic E-state index is -0.307. The van der Waals surface area contributed by atoms with Crippen molar-refractivity contribution < 1.29 is 9.53 Å². The van der Waals surface area contributed by atoms with Crippen molar-refractivity contribution in [1.29, 1.82) is 0 Å². The number of pyridine rings is 1. The summed E-state index contributed by atoms with van der Waals surface area (Å²) in [6.45, 7) is 7.23. The normalized spacial score (nSPS) is 11.2. The molecule has 0 unspecified atom stereocenters. The van der Waals surface area contributed by atoms with Crippen LogP contribution in [0, 0.1) is 0 Å². The topological polar surface area (TPSA) is 51.2 Å². The van der Waals surface area contributed by atoms with Crippen molar-refractivity contribution in [2.45, 2.75) is 26.3 Å². The van der Waals surface area contributed by atoms with Crippen molar-refractivity contribution in [3.05, 3.63) is 30.1 Å². The summed E-state index contributed by atoms with van der Waals surface area (Å²) in [6, 6.07) is 3.28. The molecule has 1 aromatic rings. The zero-order valence-corrected chi connectivity index (χ0v) is 9.99. The van der Waals surface area contributed by atoms with Crippen LogP contribution in [0.3, 0.4) is 0 Å². The van der Waals surface area contributed by atoms with E-state index in [1.165, 1.54) is 0 Å². The van der Waals surface area contributed by atoms with Gasteiger partial charge in [0.25, 0.3) is 0 Å². The number of carbonyl (C=O) groups is 1. The number of aromatic nitrogens is 1. The Labute approximate surface area is 96.0 Å². The molecule has 0 bridgehead atoms. The maximum absolute atomic E-state index is 11.5. The SMILES string of the molecule is CC(C)(C)NCCOC(=O)c1ccncc1. The van der Waals surface area contributed by atoms with Gasteiger partial charge in [-0.25, -0.2) is 4.79 Å². The Hall–Kier alpha value is -1.42. The van der Waals surface area contributed by atoms with Gasteiger partial charge in [-0.1, -0.05) is 0 Å². The standard InChI is InChI=1S/C12H18N2O2/c1-12(2,3)14-8-9-16-11(15)10-4-6-13-7-5-10/h4-7,14H,8-9H2,1-3H3. The van der Waals surface area contributed by atoms with Crippen molar-refractivity contribution in [1.82, 2.24) is 10.3 Å². The second kappa shape index (κ2) is 5.61. The molecule has 0 amide bonds. The average molecular weight is 222 g/mol. The highest BCUT2D eigenvalue weighted by Crippen LogP contribution is 2.00. The molecule has 4 heteroatoms. The lowest BCUT2D eigenvalue weighted by Crippen LogP contribution is -2.38. The Morgan fingerprint density at radius 1 is 1.38 bits per heavy atom. The van der Waals surface area contributed by atoms with Gasteiger partial charge in [-0.05, 0) is 32.9 Å². The zero-order chi connectivity index (χ0) is 12.0. The second-order valence-corrected chi connectivity index (χ2v) is 4.55. The minimum Gasteiger partial charge on any atom is -0.461 e. The molecule has 0 aliphatic heterocycles. The molecule has 0 fully saturated rings. The first kappa shape index (κ1) is 12.6. The Bertz CT molecular complexity index is 331. The van der Waals surface area contributed by atoms with Crippen LogP contribution in [-0.4, -0.2) is 29.6 Å². The van der Waals surface area contributed by atoms with Crippen LogP contribution in [0.5, 0.6) is 0 Å². The maximum atomic E-state index is 11.5. The molecule has 1 aromatic heterocycles. The van der Waals surface area contributed by atoms with E-state index < -0.39 is 0 Å². The Balaban J connectivity index is 2.27. The van der Waals surface area contributed by atoms with Crippen LogP contribution in [-0.2, 0) is 4.74 Å². The van der Waals surface area contributed by atoms with E-state index in [0.717, 1.165) is 0 Å². The molecule has 1 rings (SSSR count). The second-order valence-electron chi connectivity index (χ2n) is 4.55. The van der Waals surface area contributed by atoms with E-state index in [0.29, 0.717) is 18.7 Å². The monoisotopic (exact) mass is 222 g/mol. The van der Waals surface area contributed by atoms with Crippen LogP contribution < -0.4 is 5.32 Å².